The predicted octanol–water partition coefficient (Wildman–Crippen LogP) is 2.98. The van der Waals surface area contributed by atoms with Gasteiger partial charge in [0.25, 0.3) is 0 Å². The molecule has 0 aliphatic rings. The summed E-state index contributed by atoms with van der Waals surface area (Å²) >= 11 is 1.71. The molecule has 4 nitrogen and oxygen atoms in total. The van der Waals surface area contributed by atoms with E-state index >= 15 is 0 Å². The Bertz CT molecular complexity index is 585. The van der Waals surface area contributed by atoms with Gasteiger partial charge in [-0.1, -0.05) is 6.92 Å². The number of carbonyl (C=O) groups excluding carboxylic acids is 1. The quantitative estimate of drug-likeness (QED) is 0.832. The first kappa shape index (κ1) is 14.5. The molecule has 0 atom stereocenters. The van der Waals surface area contributed by atoms with E-state index in [1.807, 2.05) is 0 Å². The van der Waals surface area contributed by atoms with Crippen molar-refractivity contribution < 1.29 is 9.21 Å². The Labute approximate surface area is 122 Å². The smallest absolute Gasteiger partial charge is 0.244 e. The van der Waals surface area contributed by atoms with E-state index in [1.54, 1.807) is 35.8 Å². The van der Waals surface area contributed by atoms with E-state index < -0.39 is 0 Å². The second-order valence-electron chi connectivity index (χ2n) is 4.35. The highest BCUT2D eigenvalue weighted by Crippen LogP contribution is 2.17. The molecule has 2 heterocycles. The number of thiazole rings is 1. The molecule has 0 bridgehead atoms. The molecule has 0 aliphatic heterocycles. The molecular weight excluding hydrogens is 272 g/mol. The Morgan fingerprint density at radius 1 is 1.55 bits per heavy atom. The van der Waals surface area contributed by atoms with Crippen molar-refractivity contribution in [2.24, 2.45) is 0 Å². The average molecular weight is 290 g/mol. The molecule has 106 valence electrons. The fraction of sp³-hybridized carbons (Fsp3) is 0.333. The minimum atomic E-state index is -0.120. The molecule has 0 aliphatic carbocycles. The summed E-state index contributed by atoms with van der Waals surface area (Å²) in [6, 6.07) is 3.59. The maximum Gasteiger partial charge on any atom is 0.244 e. The van der Waals surface area contributed by atoms with Crippen LogP contribution in [-0.4, -0.2) is 17.4 Å². The third-order valence-corrected chi connectivity index (χ3v) is 3.92. The Morgan fingerprint density at radius 3 is 3.05 bits per heavy atom. The van der Waals surface area contributed by atoms with Crippen LogP contribution in [0.25, 0.3) is 6.08 Å². The van der Waals surface area contributed by atoms with Crippen LogP contribution in [-0.2, 0) is 17.6 Å². The summed E-state index contributed by atoms with van der Waals surface area (Å²) in [5, 5.41) is 3.92. The van der Waals surface area contributed by atoms with E-state index in [0.717, 1.165) is 23.5 Å². The molecule has 0 saturated carbocycles. The minimum Gasteiger partial charge on any atom is -0.465 e. The summed E-state index contributed by atoms with van der Waals surface area (Å²) in [5.41, 5.74) is 1.16. The molecule has 1 N–H and O–H groups in total. The van der Waals surface area contributed by atoms with Gasteiger partial charge >= 0.3 is 0 Å². The van der Waals surface area contributed by atoms with E-state index in [0.29, 0.717) is 12.3 Å². The van der Waals surface area contributed by atoms with Crippen molar-refractivity contribution in [2.75, 3.05) is 6.54 Å². The molecule has 0 aromatic carbocycles. The van der Waals surface area contributed by atoms with Crippen LogP contribution in [0, 0.1) is 6.92 Å². The van der Waals surface area contributed by atoms with Gasteiger partial charge in [-0.3, -0.25) is 4.79 Å². The maximum absolute atomic E-state index is 11.6. The van der Waals surface area contributed by atoms with Gasteiger partial charge in [-0.05, 0) is 31.6 Å². The standard InChI is InChI=1S/C15H18N2O2S/c1-3-13-11(2)20-15(17-13)8-9-16-14(18)7-6-12-5-4-10-19-12/h4-7,10H,3,8-9H2,1-2H3,(H,16,18). The van der Waals surface area contributed by atoms with Gasteiger partial charge in [0, 0.05) is 23.9 Å². The fourth-order valence-electron chi connectivity index (χ4n) is 1.82. The normalized spacial score (nSPS) is 11.1. The highest BCUT2D eigenvalue weighted by molar-refractivity contribution is 7.11. The van der Waals surface area contributed by atoms with Crippen LogP contribution >= 0.6 is 11.3 Å². The second kappa shape index (κ2) is 7.05. The number of furan rings is 1. The predicted molar refractivity (Wildman–Crippen MR) is 80.7 cm³/mol. The molecule has 0 fully saturated rings. The first-order chi connectivity index (χ1) is 9.69. The van der Waals surface area contributed by atoms with Crippen LogP contribution in [0.4, 0.5) is 0 Å². The lowest BCUT2D eigenvalue weighted by atomic mass is 10.3. The number of rotatable bonds is 6. The fourth-order valence-corrected chi connectivity index (χ4v) is 2.84. The molecule has 0 unspecified atom stereocenters. The number of aromatic nitrogens is 1. The molecule has 0 radical (unpaired) electrons. The number of carbonyl (C=O) groups is 1. The van der Waals surface area contributed by atoms with Gasteiger partial charge in [0.15, 0.2) is 0 Å². The van der Waals surface area contributed by atoms with Gasteiger partial charge in [-0.15, -0.1) is 11.3 Å². The molecule has 0 saturated heterocycles. The van der Waals surface area contributed by atoms with Gasteiger partial charge < -0.3 is 9.73 Å². The summed E-state index contributed by atoms with van der Waals surface area (Å²) in [4.78, 5) is 17.4. The SMILES string of the molecule is CCc1nc(CCNC(=O)C=Cc2ccco2)sc1C. The van der Waals surface area contributed by atoms with E-state index in [-0.39, 0.29) is 5.91 Å². The third kappa shape index (κ3) is 4.06. The summed E-state index contributed by atoms with van der Waals surface area (Å²) in [6.07, 6.45) is 6.43. The third-order valence-electron chi connectivity index (χ3n) is 2.85. The summed E-state index contributed by atoms with van der Waals surface area (Å²) < 4.78 is 5.11. The minimum absolute atomic E-state index is 0.120. The Kier molecular flexibility index (Phi) is 5.12. The number of amides is 1. The number of nitrogens with one attached hydrogen (secondary N) is 1. The molecule has 2 rings (SSSR count). The van der Waals surface area contributed by atoms with Crippen LogP contribution in [0.1, 0.15) is 28.3 Å². The number of nitrogens with zero attached hydrogens (tertiary/aromatic N) is 1. The zero-order valence-electron chi connectivity index (χ0n) is 11.7. The van der Waals surface area contributed by atoms with Gasteiger partial charge in [-0.2, -0.15) is 0 Å². The van der Waals surface area contributed by atoms with Crippen molar-refractivity contribution in [3.63, 3.8) is 0 Å². The molecule has 0 spiro atoms. The monoisotopic (exact) mass is 290 g/mol. The molecule has 1 amide bonds. The average Bonchev–Trinajstić information content (AvgIpc) is 3.06. The van der Waals surface area contributed by atoms with E-state index in [4.69, 9.17) is 4.42 Å². The van der Waals surface area contributed by atoms with Crippen LogP contribution in [0.5, 0.6) is 0 Å². The van der Waals surface area contributed by atoms with Gasteiger partial charge in [0.05, 0.1) is 17.0 Å². The Balaban J connectivity index is 1.76. The highest BCUT2D eigenvalue weighted by Gasteiger charge is 2.05. The number of hydrogen-bond acceptors (Lipinski definition) is 4. The molecule has 2 aromatic heterocycles. The van der Waals surface area contributed by atoms with Crippen molar-refractivity contribution in [1.82, 2.24) is 10.3 Å². The van der Waals surface area contributed by atoms with Gasteiger partial charge in [0.2, 0.25) is 5.91 Å². The first-order valence-electron chi connectivity index (χ1n) is 6.63. The largest absolute Gasteiger partial charge is 0.465 e. The van der Waals surface area contributed by atoms with Gasteiger partial charge in [0.1, 0.15) is 5.76 Å². The van der Waals surface area contributed by atoms with Crippen LogP contribution in [0.15, 0.2) is 28.9 Å². The van der Waals surface area contributed by atoms with Crippen LogP contribution in [0.2, 0.25) is 0 Å². The Morgan fingerprint density at radius 2 is 2.40 bits per heavy atom. The second-order valence-corrected chi connectivity index (χ2v) is 5.64. The zero-order chi connectivity index (χ0) is 14.4. The van der Waals surface area contributed by atoms with Crippen molar-refractivity contribution in [2.45, 2.75) is 26.7 Å². The van der Waals surface area contributed by atoms with Crippen molar-refractivity contribution >= 4 is 23.3 Å². The Hall–Kier alpha value is -1.88. The lowest BCUT2D eigenvalue weighted by molar-refractivity contribution is -0.116. The van der Waals surface area contributed by atoms with E-state index in [9.17, 15) is 4.79 Å². The molecular formula is C15H18N2O2S. The van der Waals surface area contributed by atoms with Gasteiger partial charge in [-0.25, -0.2) is 4.98 Å². The number of hydrogen-bond donors (Lipinski definition) is 1. The van der Waals surface area contributed by atoms with E-state index in [2.05, 4.69) is 24.1 Å². The molecule has 2 aromatic rings. The van der Waals surface area contributed by atoms with Crippen molar-refractivity contribution in [3.8, 4) is 0 Å². The summed E-state index contributed by atoms with van der Waals surface area (Å²) in [5.74, 6) is 0.550. The van der Waals surface area contributed by atoms with Crippen molar-refractivity contribution in [1.29, 1.82) is 0 Å². The van der Waals surface area contributed by atoms with Crippen LogP contribution < -0.4 is 5.32 Å². The number of aryl methyl sites for hydroxylation is 2. The highest BCUT2D eigenvalue weighted by atomic mass is 32.1. The lowest BCUT2D eigenvalue weighted by Gasteiger charge is -1.99. The summed E-state index contributed by atoms with van der Waals surface area (Å²) in [6.45, 7) is 4.79. The van der Waals surface area contributed by atoms with E-state index in [1.165, 1.54) is 11.0 Å². The topological polar surface area (TPSA) is 55.1 Å². The van der Waals surface area contributed by atoms with Crippen LogP contribution in [0.3, 0.4) is 0 Å². The van der Waals surface area contributed by atoms with Crippen molar-refractivity contribution in [3.05, 3.63) is 45.8 Å². The molecule has 20 heavy (non-hydrogen) atoms. The first-order valence-corrected chi connectivity index (χ1v) is 7.45. The molecule has 5 heteroatoms. The maximum atomic E-state index is 11.6. The lowest BCUT2D eigenvalue weighted by Crippen LogP contribution is -2.23. The summed E-state index contributed by atoms with van der Waals surface area (Å²) in [7, 11) is 0. The zero-order valence-corrected chi connectivity index (χ0v) is 12.5.